The molecule has 0 bridgehead atoms. The smallest absolute Gasteiger partial charge is 0.188 e. The van der Waals surface area contributed by atoms with E-state index in [1.165, 1.54) is 46.9 Å². The van der Waals surface area contributed by atoms with Gasteiger partial charge in [0.25, 0.3) is 0 Å². The Labute approximate surface area is 340 Å². The summed E-state index contributed by atoms with van der Waals surface area (Å²) in [6, 6.07) is 87.6. The second-order valence-electron chi connectivity index (χ2n) is 15.2. The van der Waals surface area contributed by atoms with Crippen LogP contribution < -0.4 is 46.2 Å². The second kappa shape index (κ2) is 13.9. The second-order valence-corrected chi connectivity index (χ2v) is 22.7. The SMILES string of the molecule is c1ccc(-n2c3ccc([Si](c4ccccc4)(c4ccccc4)c4ccccc4)cc3c3c4c(ccc32)[Si](c2ccccc2)(c2ccccc2)c2ccccc2O4)cc1. The Kier molecular flexibility index (Phi) is 8.21. The van der Waals surface area contributed by atoms with Crippen molar-refractivity contribution >= 4 is 79.4 Å². The van der Waals surface area contributed by atoms with Gasteiger partial charge in [-0.1, -0.05) is 206 Å². The van der Waals surface area contributed by atoms with Gasteiger partial charge in [-0.15, -0.1) is 0 Å². The Morgan fingerprint density at radius 2 is 0.845 bits per heavy atom. The van der Waals surface area contributed by atoms with Crippen molar-refractivity contribution in [2.45, 2.75) is 0 Å². The number of nitrogens with zero attached hydrogens (tertiary/aromatic N) is 1. The van der Waals surface area contributed by atoms with Gasteiger partial charge in [-0.05, 0) is 71.8 Å². The summed E-state index contributed by atoms with van der Waals surface area (Å²) in [6.07, 6.45) is 0. The minimum absolute atomic E-state index is 0.931. The van der Waals surface area contributed by atoms with Gasteiger partial charge in [0.15, 0.2) is 16.1 Å². The number of hydrogen-bond donors (Lipinski definition) is 0. The van der Waals surface area contributed by atoms with Gasteiger partial charge in [-0.3, -0.25) is 0 Å². The summed E-state index contributed by atoms with van der Waals surface area (Å²) in [7, 11) is -5.73. The monoisotopic (exact) mass is 773 g/mol. The lowest BCUT2D eigenvalue weighted by molar-refractivity contribution is 0.493. The molecule has 1 aliphatic rings. The molecule has 0 aliphatic carbocycles. The van der Waals surface area contributed by atoms with Gasteiger partial charge in [0.2, 0.25) is 0 Å². The fourth-order valence-electron chi connectivity index (χ4n) is 9.92. The van der Waals surface area contributed by atoms with Gasteiger partial charge in [-0.2, -0.15) is 0 Å². The summed E-state index contributed by atoms with van der Waals surface area (Å²) in [6.45, 7) is 0. The molecule has 2 heterocycles. The molecule has 0 unspecified atom stereocenters. The molecule has 1 aliphatic heterocycles. The Balaban J connectivity index is 1.31. The van der Waals surface area contributed by atoms with E-state index in [0.717, 1.165) is 33.6 Å². The van der Waals surface area contributed by atoms with Crippen molar-refractivity contribution in [1.29, 1.82) is 0 Å². The first kappa shape index (κ1) is 34.3. The number of hydrogen-bond acceptors (Lipinski definition) is 1. The highest BCUT2D eigenvalue weighted by atomic mass is 28.3. The average Bonchev–Trinajstić information content (AvgIpc) is 3.65. The Morgan fingerprint density at radius 3 is 1.40 bits per heavy atom. The standard InChI is InChI=1S/C54H39NOSi2/c1-7-21-40(22-8-1)55-48-36-35-46(57(41-23-9-2-10-24-41,42-25-11-3-12-26-42)43-27-13-4-14-28-43)39-47(48)53-49(55)37-38-52-54(53)56-50-33-19-20-34-51(50)58(52,44-29-15-5-16-30-44)45-31-17-6-18-32-45/h1-39H. The first-order chi connectivity index (χ1) is 28.8. The first-order valence-electron chi connectivity index (χ1n) is 20.0. The molecule has 10 aromatic rings. The van der Waals surface area contributed by atoms with E-state index in [4.69, 9.17) is 4.74 Å². The molecule has 0 saturated carbocycles. The summed E-state index contributed by atoms with van der Waals surface area (Å²) >= 11 is 0. The predicted molar refractivity (Wildman–Crippen MR) is 248 cm³/mol. The zero-order valence-electron chi connectivity index (χ0n) is 31.9. The molecular weight excluding hydrogens is 735 g/mol. The van der Waals surface area contributed by atoms with Gasteiger partial charge in [0, 0.05) is 11.1 Å². The maximum atomic E-state index is 7.36. The minimum atomic E-state index is -2.88. The number of benzene rings is 9. The highest BCUT2D eigenvalue weighted by Gasteiger charge is 2.49. The number of rotatable bonds is 7. The van der Waals surface area contributed by atoms with Crippen LogP contribution in [-0.4, -0.2) is 20.7 Å². The van der Waals surface area contributed by atoms with Crippen LogP contribution in [0.4, 0.5) is 0 Å². The summed E-state index contributed by atoms with van der Waals surface area (Å²) < 4.78 is 9.79. The molecule has 0 amide bonds. The van der Waals surface area contributed by atoms with Crippen LogP contribution >= 0.6 is 0 Å². The molecule has 274 valence electrons. The lowest BCUT2D eigenvalue weighted by Crippen LogP contribution is -2.76. The quantitative estimate of drug-likeness (QED) is 0.120. The fraction of sp³-hybridized carbons (Fsp3) is 0. The number of para-hydroxylation sites is 2. The van der Waals surface area contributed by atoms with Crippen molar-refractivity contribution in [2.75, 3.05) is 0 Å². The van der Waals surface area contributed by atoms with Crippen LogP contribution in [0.1, 0.15) is 0 Å². The molecule has 11 rings (SSSR count). The molecule has 1 aromatic heterocycles. The maximum absolute atomic E-state index is 7.36. The number of fused-ring (bicyclic) bond motifs is 6. The Bertz CT molecular complexity index is 2920. The molecule has 0 saturated heterocycles. The van der Waals surface area contributed by atoms with Crippen molar-refractivity contribution in [1.82, 2.24) is 4.57 Å². The topological polar surface area (TPSA) is 14.2 Å². The Morgan fingerprint density at radius 1 is 0.379 bits per heavy atom. The van der Waals surface area contributed by atoms with Gasteiger partial charge < -0.3 is 9.30 Å². The van der Waals surface area contributed by atoms with Crippen molar-refractivity contribution in [2.24, 2.45) is 0 Å². The van der Waals surface area contributed by atoms with Crippen molar-refractivity contribution < 1.29 is 4.74 Å². The normalized spacial score (nSPS) is 13.1. The third kappa shape index (κ3) is 5.02. The summed E-state index contributed by atoms with van der Waals surface area (Å²) in [5.41, 5.74) is 3.41. The molecular formula is C54H39NOSi2. The molecule has 0 N–H and O–H groups in total. The number of ether oxygens (including phenoxy) is 1. The molecule has 0 atom stereocenters. The molecule has 58 heavy (non-hydrogen) atoms. The van der Waals surface area contributed by atoms with Crippen LogP contribution in [0, 0.1) is 0 Å². The van der Waals surface area contributed by atoms with E-state index in [1.807, 2.05) is 0 Å². The van der Waals surface area contributed by atoms with E-state index in [2.05, 4.69) is 241 Å². The van der Waals surface area contributed by atoms with E-state index in [0.29, 0.717) is 0 Å². The number of aromatic nitrogens is 1. The third-order valence-electron chi connectivity index (χ3n) is 12.3. The highest BCUT2D eigenvalue weighted by Crippen LogP contribution is 2.41. The van der Waals surface area contributed by atoms with E-state index >= 15 is 0 Å². The molecule has 9 aromatic carbocycles. The van der Waals surface area contributed by atoms with Gasteiger partial charge in [0.05, 0.1) is 16.4 Å². The average molecular weight is 774 g/mol. The lowest BCUT2D eigenvalue weighted by Gasteiger charge is -2.39. The highest BCUT2D eigenvalue weighted by molar-refractivity contribution is 7.21. The zero-order chi connectivity index (χ0) is 38.5. The first-order valence-corrected chi connectivity index (χ1v) is 24.0. The van der Waals surface area contributed by atoms with E-state index in [-0.39, 0.29) is 0 Å². The lowest BCUT2D eigenvalue weighted by atomic mass is 10.1. The summed E-state index contributed by atoms with van der Waals surface area (Å²) in [5.74, 6) is 1.89. The Hall–Kier alpha value is -6.99. The van der Waals surface area contributed by atoms with E-state index < -0.39 is 16.1 Å². The molecule has 0 fully saturated rings. The maximum Gasteiger partial charge on any atom is 0.188 e. The van der Waals surface area contributed by atoms with Crippen LogP contribution in [0.3, 0.4) is 0 Å². The molecule has 4 heteroatoms. The summed E-state index contributed by atoms with van der Waals surface area (Å²) in [5, 5.41) is 13.0. The third-order valence-corrected chi connectivity index (χ3v) is 21.9. The molecule has 0 spiro atoms. The fourth-order valence-corrected chi connectivity index (χ4v) is 19.6. The zero-order valence-corrected chi connectivity index (χ0v) is 33.9. The van der Waals surface area contributed by atoms with Crippen molar-refractivity contribution in [3.05, 3.63) is 237 Å². The minimum Gasteiger partial charge on any atom is -0.457 e. The van der Waals surface area contributed by atoms with E-state index in [1.54, 1.807) is 0 Å². The molecule has 2 nitrogen and oxygen atoms in total. The van der Waals surface area contributed by atoms with Crippen molar-refractivity contribution in [3.63, 3.8) is 0 Å². The van der Waals surface area contributed by atoms with Crippen molar-refractivity contribution in [3.8, 4) is 17.2 Å². The van der Waals surface area contributed by atoms with Crippen LogP contribution in [-0.2, 0) is 0 Å². The van der Waals surface area contributed by atoms with Gasteiger partial charge in [-0.25, -0.2) is 0 Å². The summed E-state index contributed by atoms with van der Waals surface area (Å²) in [4.78, 5) is 0. The van der Waals surface area contributed by atoms with Gasteiger partial charge >= 0.3 is 0 Å². The van der Waals surface area contributed by atoms with Gasteiger partial charge in [0.1, 0.15) is 11.5 Å². The van der Waals surface area contributed by atoms with Crippen LogP contribution in [0.5, 0.6) is 11.5 Å². The largest absolute Gasteiger partial charge is 0.457 e. The molecule has 0 radical (unpaired) electrons. The van der Waals surface area contributed by atoms with E-state index in [9.17, 15) is 0 Å². The van der Waals surface area contributed by atoms with Crippen LogP contribution in [0.25, 0.3) is 27.5 Å². The predicted octanol–water partition coefficient (Wildman–Crippen LogP) is 7.64. The van der Waals surface area contributed by atoms with Crippen LogP contribution in [0.15, 0.2) is 237 Å². The van der Waals surface area contributed by atoms with Crippen LogP contribution in [0.2, 0.25) is 0 Å².